The predicted molar refractivity (Wildman–Crippen MR) is 85.0 cm³/mol. The number of methoxy groups -OCH3 is 1. The molecule has 0 bridgehead atoms. The molecule has 0 aromatic heterocycles. The molecule has 0 saturated heterocycles. The van der Waals surface area contributed by atoms with E-state index in [-0.39, 0.29) is 5.91 Å². The second kappa shape index (κ2) is 7.34. The van der Waals surface area contributed by atoms with Gasteiger partial charge in [-0.2, -0.15) is 0 Å². The molecule has 0 radical (unpaired) electrons. The van der Waals surface area contributed by atoms with E-state index in [2.05, 4.69) is 5.32 Å². The molecule has 0 aliphatic rings. The second-order valence-corrected chi connectivity index (χ2v) is 5.36. The van der Waals surface area contributed by atoms with Gasteiger partial charge in [-0.25, -0.2) is 0 Å². The number of hydrogen-bond acceptors (Lipinski definition) is 2. The van der Waals surface area contributed by atoms with Crippen LogP contribution in [-0.4, -0.2) is 13.0 Å². The van der Waals surface area contributed by atoms with Crippen molar-refractivity contribution in [3.63, 3.8) is 0 Å². The molecule has 0 aliphatic carbocycles. The van der Waals surface area contributed by atoms with Crippen molar-refractivity contribution in [2.45, 2.75) is 13.0 Å². The van der Waals surface area contributed by atoms with Gasteiger partial charge in [0.25, 0.3) is 0 Å². The molecule has 5 heteroatoms. The Labute approximate surface area is 133 Å². The van der Waals surface area contributed by atoms with Gasteiger partial charge in [0, 0.05) is 6.54 Å². The third-order valence-corrected chi connectivity index (χ3v) is 3.74. The van der Waals surface area contributed by atoms with Gasteiger partial charge in [-0.3, -0.25) is 4.79 Å². The van der Waals surface area contributed by atoms with E-state index in [0.29, 0.717) is 23.0 Å². The fourth-order valence-corrected chi connectivity index (χ4v) is 2.16. The Bertz CT molecular complexity index is 627. The number of ether oxygens (including phenoxy) is 1. The molecule has 3 nitrogen and oxygen atoms in total. The highest BCUT2D eigenvalue weighted by atomic mass is 35.5. The Morgan fingerprint density at radius 1 is 1.05 bits per heavy atom. The Morgan fingerprint density at radius 3 is 2.33 bits per heavy atom. The summed E-state index contributed by atoms with van der Waals surface area (Å²) in [5, 5.41) is 3.84. The largest absolute Gasteiger partial charge is 0.497 e. The molecule has 2 rings (SSSR count). The minimum absolute atomic E-state index is 0.0498. The van der Waals surface area contributed by atoms with Crippen molar-refractivity contribution < 1.29 is 9.53 Å². The monoisotopic (exact) mass is 323 g/mol. The highest BCUT2D eigenvalue weighted by Crippen LogP contribution is 2.22. The molecule has 0 fully saturated rings. The van der Waals surface area contributed by atoms with Gasteiger partial charge in [-0.1, -0.05) is 41.4 Å². The topological polar surface area (TPSA) is 38.3 Å². The number of halogens is 2. The lowest BCUT2D eigenvalue weighted by Gasteiger charge is -2.07. The van der Waals surface area contributed by atoms with Gasteiger partial charge >= 0.3 is 0 Å². The van der Waals surface area contributed by atoms with Gasteiger partial charge in [0.2, 0.25) is 5.91 Å². The Kier molecular flexibility index (Phi) is 5.48. The summed E-state index contributed by atoms with van der Waals surface area (Å²) in [5.41, 5.74) is 1.84. The third-order valence-electron chi connectivity index (χ3n) is 3.00. The number of rotatable bonds is 5. The van der Waals surface area contributed by atoms with Crippen LogP contribution < -0.4 is 10.1 Å². The fraction of sp³-hybridized carbons (Fsp3) is 0.188. The van der Waals surface area contributed by atoms with Crippen molar-refractivity contribution in [2.24, 2.45) is 0 Å². The van der Waals surface area contributed by atoms with Crippen LogP contribution >= 0.6 is 23.2 Å². The first-order valence-electron chi connectivity index (χ1n) is 6.42. The molecule has 0 unspecified atom stereocenters. The standard InChI is InChI=1S/C16H15Cl2NO2/c1-21-13-5-2-11(3-6-13)9-16(20)19-10-12-4-7-14(17)15(18)8-12/h2-8H,9-10H2,1H3,(H,19,20). The number of hydrogen-bond donors (Lipinski definition) is 1. The van der Waals surface area contributed by atoms with E-state index in [0.717, 1.165) is 16.9 Å². The van der Waals surface area contributed by atoms with E-state index < -0.39 is 0 Å². The first-order chi connectivity index (χ1) is 10.1. The van der Waals surface area contributed by atoms with Crippen LogP contribution in [-0.2, 0) is 17.8 Å². The highest BCUT2D eigenvalue weighted by Gasteiger charge is 2.05. The van der Waals surface area contributed by atoms with E-state index in [1.807, 2.05) is 30.3 Å². The van der Waals surface area contributed by atoms with Crippen molar-refractivity contribution in [2.75, 3.05) is 7.11 Å². The summed E-state index contributed by atoms with van der Waals surface area (Å²) in [6.45, 7) is 0.422. The molecule has 0 atom stereocenters. The summed E-state index contributed by atoms with van der Waals surface area (Å²) in [6, 6.07) is 12.7. The maximum atomic E-state index is 11.9. The number of benzene rings is 2. The zero-order valence-corrected chi connectivity index (χ0v) is 13.0. The van der Waals surface area contributed by atoms with Crippen LogP contribution in [0, 0.1) is 0 Å². The maximum absolute atomic E-state index is 11.9. The molecule has 2 aromatic carbocycles. The molecule has 0 aliphatic heterocycles. The summed E-state index contributed by atoms with van der Waals surface area (Å²) < 4.78 is 5.08. The lowest BCUT2D eigenvalue weighted by molar-refractivity contribution is -0.120. The maximum Gasteiger partial charge on any atom is 0.224 e. The van der Waals surface area contributed by atoms with Gasteiger partial charge in [0.15, 0.2) is 0 Å². The van der Waals surface area contributed by atoms with Gasteiger partial charge in [0.05, 0.1) is 23.6 Å². The molecular formula is C16H15Cl2NO2. The van der Waals surface area contributed by atoms with Gasteiger partial charge in [-0.05, 0) is 35.4 Å². The van der Waals surface area contributed by atoms with Crippen molar-refractivity contribution in [1.82, 2.24) is 5.32 Å². The van der Waals surface area contributed by atoms with Crippen LogP contribution in [0.15, 0.2) is 42.5 Å². The number of carbonyl (C=O) groups excluding carboxylic acids is 1. The molecule has 0 saturated carbocycles. The minimum Gasteiger partial charge on any atom is -0.497 e. The zero-order valence-electron chi connectivity index (χ0n) is 11.5. The summed E-state index contributed by atoms with van der Waals surface area (Å²) in [5.74, 6) is 0.723. The van der Waals surface area contributed by atoms with E-state index in [4.69, 9.17) is 27.9 Å². The van der Waals surface area contributed by atoms with Crippen LogP contribution in [0.1, 0.15) is 11.1 Å². The Balaban J connectivity index is 1.87. The molecule has 1 N–H and O–H groups in total. The average molecular weight is 324 g/mol. The summed E-state index contributed by atoms with van der Waals surface area (Å²) in [7, 11) is 1.61. The van der Waals surface area contributed by atoms with Gasteiger partial charge < -0.3 is 10.1 Å². The first-order valence-corrected chi connectivity index (χ1v) is 7.17. The van der Waals surface area contributed by atoms with E-state index >= 15 is 0 Å². The zero-order chi connectivity index (χ0) is 15.2. The summed E-state index contributed by atoms with van der Waals surface area (Å²) in [4.78, 5) is 11.9. The number of carbonyl (C=O) groups is 1. The van der Waals surface area contributed by atoms with Crippen molar-refractivity contribution >= 4 is 29.1 Å². The third kappa shape index (κ3) is 4.66. The lowest BCUT2D eigenvalue weighted by Crippen LogP contribution is -2.24. The molecular weight excluding hydrogens is 309 g/mol. The predicted octanol–water partition coefficient (Wildman–Crippen LogP) is 3.86. The molecule has 2 aromatic rings. The molecule has 21 heavy (non-hydrogen) atoms. The molecule has 0 heterocycles. The first kappa shape index (κ1) is 15.7. The van der Waals surface area contributed by atoms with Crippen molar-refractivity contribution in [3.8, 4) is 5.75 Å². The number of amides is 1. The van der Waals surface area contributed by atoms with E-state index in [1.54, 1.807) is 19.2 Å². The lowest BCUT2D eigenvalue weighted by atomic mass is 10.1. The molecule has 1 amide bonds. The quantitative estimate of drug-likeness (QED) is 0.907. The van der Waals surface area contributed by atoms with Crippen molar-refractivity contribution in [3.05, 3.63) is 63.6 Å². The van der Waals surface area contributed by atoms with Crippen LogP contribution in [0.3, 0.4) is 0 Å². The normalized spacial score (nSPS) is 10.2. The molecule has 0 spiro atoms. The average Bonchev–Trinajstić information content (AvgIpc) is 2.49. The summed E-state index contributed by atoms with van der Waals surface area (Å²) >= 11 is 11.8. The smallest absolute Gasteiger partial charge is 0.224 e. The van der Waals surface area contributed by atoms with E-state index in [9.17, 15) is 4.79 Å². The fourth-order valence-electron chi connectivity index (χ4n) is 1.84. The second-order valence-electron chi connectivity index (χ2n) is 4.55. The number of nitrogens with one attached hydrogen (secondary N) is 1. The highest BCUT2D eigenvalue weighted by molar-refractivity contribution is 6.42. The van der Waals surface area contributed by atoms with Crippen LogP contribution in [0.5, 0.6) is 5.75 Å². The minimum atomic E-state index is -0.0498. The Morgan fingerprint density at radius 2 is 1.71 bits per heavy atom. The SMILES string of the molecule is COc1ccc(CC(=O)NCc2ccc(Cl)c(Cl)c2)cc1. The van der Waals surface area contributed by atoms with Crippen LogP contribution in [0.4, 0.5) is 0 Å². The van der Waals surface area contributed by atoms with Gasteiger partial charge in [-0.15, -0.1) is 0 Å². The van der Waals surface area contributed by atoms with Gasteiger partial charge in [0.1, 0.15) is 5.75 Å². The van der Waals surface area contributed by atoms with Crippen LogP contribution in [0.2, 0.25) is 10.0 Å². The van der Waals surface area contributed by atoms with E-state index in [1.165, 1.54) is 0 Å². The Hall–Kier alpha value is -1.71. The van der Waals surface area contributed by atoms with Crippen LogP contribution in [0.25, 0.3) is 0 Å². The van der Waals surface area contributed by atoms with Crippen molar-refractivity contribution in [1.29, 1.82) is 0 Å². The molecule has 110 valence electrons. The summed E-state index contributed by atoms with van der Waals surface area (Å²) in [6.07, 6.45) is 0.325.